The van der Waals surface area contributed by atoms with E-state index in [0.29, 0.717) is 16.6 Å². The van der Waals surface area contributed by atoms with Crippen LogP contribution in [0.4, 0.5) is 0 Å². The first-order chi connectivity index (χ1) is 8.86. The molecule has 0 radical (unpaired) electrons. The Morgan fingerprint density at radius 3 is 2.37 bits per heavy atom. The molecular formula is C13H17N3O2S. The fourth-order valence-corrected chi connectivity index (χ4v) is 2.38. The highest BCUT2D eigenvalue weighted by molar-refractivity contribution is 7.90. The van der Waals surface area contributed by atoms with E-state index in [-0.39, 0.29) is 0 Å². The van der Waals surface area contributed by atoms with E-state index < -0.39 is 9.84 Å². The van der Waals surface area contributed by atoms with Gasteiger partial charge >= 0.3 is 0 Å². The lowest BCUT2D eigenvalue weighted by atomic mass is 10.1. The molecule has 1 aromatic carbocycles. The van der Waals surface area contributed by atoms with Gasteiger partial charge in [-0.2, -0.15) is 5.10 Å². The summed E-state index contributed by atoms with van der Waals surface area (Å²) in [6.07, 6.45) is 2.03. The number of nitrogens with one attached hydrogen (secondary N) is 1. The summed E-state index contributed by atoms with van der Waals surface area (Å²) < 4.78 is 22.7. The summed E-state index contributed by atoms with van der Waals surface area (Å²) in [5.74, 6) is 1.95. The number of hydrogen-bond acceptors (Lipinski definition) is 4. The van der Waals surface area contributed by atoms with Crippen molar-refractivity contribution in [1.82, 2.24) is 15.2 Å². The summed E-state index contributed by atoms with van der Waals surface area (Å²) in [7, 11) is -3.16. The van der Waals surface area contributed by atoms with Crippen LogP contribution < -0.4 is 0 Å². The maximum atomic E-state index is 11.4. The minimum Gasteiger partial charge on any atom is -0.263 e. The molecule has 2 rings (SSSR count). The lowest BCUT2D eigenvalue weighted by Crippen LogP contribution is -1.96. The Bertz CT molecular complexity index is 657. The van der Waals surface area contributed by atoms with Crippen LogP contribution in [0.5, 0.6) is 0 Å². The quantitative estimate of drug-likeness (QED) is 0.929. The molecule has 19 heavy (non-hydrogen) atoms. The van der Waals surface area contributed by atoms with Crippen LogP contribution in [0.25, 0.3) is 11.4 Å². The lowest BCUT2D eigenvalue weighted by Gasteiger charge is -1.99. The van der Waals surface area contributed by atoms with Crippen LogP contribution >= 0.6 is 0 Å². The SMILES string of the molecule is CC(C)Cc1nc(-c2ccc(S(C)(=O)=O)cc2)n[nH]1. The number of benzene rings is 1. The first-order valence-electron chi connectivity index (χ1n) is 6.08. The predicted molar refractivity (Wildman–Crippen MR) is 73.5 cm³/mol. The summed E-state index contributed by atoms with van der Waals surface area (Å²) in [6, 6.07) is 6.59. The summed E-state index contributed by atoms with van der Waals surface area (Å²) >= 11 is 0. The molecule has 0 unspecified atom stereocenters. The molecule has 0 atom stereocenters. The zero-order valence-electron chi connectivity index (χ0n) is 11.2. The first-order valence-corrected chi connectivity index (χ1v) is 7.97. The number of nitrogens with zero attached hydrogens (tertiary/aromatic N) is 2. The number of sulfone groups is 1. The van der Waals surface area contributed by atoms with E-state index in [1.165, 1.54) is 6.26 Å². The van der Waals surface area contributed by atoms with Crippen LogP contribution in [0.15, 0.2) is 29.2 Å². The van der Waals surface area contributed by atoms with E-state index in [1.54, 1.807) is 24.3 Å². The highest BCUT2D eigenvalue weighted by atomic mass is 32.2. The third-order valence-electron chi connectivity index (χ3n) is 2.67. The van der Waals surface area contributed by atoms with Crippen molar-refractivity contribution in [2.45, 2.75) is 25.2 Å². The Labute approximate surface area is 113 Å². The maximum absolute atomic E-state index is 11.4. The molecule has 0 aliphatic rings. The molecule has 0 fully saturated rings. The zero-order chi connectivity index (χ0) is 14.0. The van der Waals surface area contributed by atoms with Crippen LogP contribution in [0.2, 0.25) is 0 Å². The second-order valence-corrected chi connectivity index (χ2v) is 7.02. The molecule has 0 saturated carbocycles. The summed E-state index contributed by atoms with van der Waals surface area (Å²) in [6.45, 7) is 4.23. The second-order valence-electron chi connectivity index (χ2n) is 5.00. The van der Waals surface area contributed by atoms with Gasteiger partial charge in [-0.15, -0.1) is 0 Å². The van der Waals surface area contributed by atoms with Crippen molar-refractivity contribution in [3.63, 3.8) is 0 Å². The van der Waals surface area contributed by atoms with Crippen LogP contribution in [0.3, 0.4) is 0 Å². The zero-order valence-corrected chi connectivity index (χ0v) is 12.0. The van der Waals surface area contributed by atoms with Crippen molar-refractivity contribution in [1.29, 1.82) is 0 Å². The molecule has 0 aliphatic carbocycles. The smallest absolute Gasteiger partial charge is 0.181 e. The number of aromatic amines is 1. The topological polar surface area (TPSA) is 75.7 Å². The van der Waals surface area contributed by atoms with Crippen LogP contribution in [-0.4, -0.2) is 29.9 Å². The molecular weight excluding hydrogens is 262 g/mol. The molecule has 6 heteroatoms. The van der Waals surface area contributed by atoms with E-state index in [1.807, 2.05) is 0 Å². The number of rotatable bonds is 4. The van der Waals surface area contributed by atoms with Crippen LogP contribution in [0.1, 0.15) is 19.7 Å². The molecule has 102 valence electrons. The Morgan fingerprint density at radius 2 is 1.84 bits per heavy atom. The molecule has 1 aromatic heterocycles. The van der Waals surface area contributed by atoms with Crippen molar-refractivity contribution >= 4 is 9.84 Å². The Kier molecular flexibility index (Phi) is 3.71. The van der Waals surface area contributed by atoms with Crippen molar-refractivity contribution in [3.05, 3.63) is 30.1 Å². The summed E-state index contributed by atoms with van der Waals surface area (Å²) in [5, 5.41) is 7.05. The molecule has 0 saturated heterocycles. The van der Waals surface area contributed by atoms with Gasteiger partial charge in [0.25, 0.3) is 0 Å². The van der Waals surface area contributed by atoms with E-state index in [2.05, 4.69) is 29.0 Å². The van der Waals surface area contributed by atoms with Crippen LogP contribution in [0, 0.1) is 5.92 Å². The van der Waals surface area contributed by atoms with E-state index in [9.17, 15) is 8.42 Å². The van der Waals surface area contributed by atoms with E-state index >= 15 is 0 Å². The molecule has 1 N–H and O–H groups in total. The molecule has 1 heterocycles. The molecule has 5 nitrogen and oxygen atoms in total. The van der Waals surface area contributed by atoms with Gasteiger partial charge < -0.3 is 0 Å². The third kappa shape index (κ3) is 3.41. The number of aromatic nitrogens is 3. The average Bonchev–Trinajstić information content (AvgIpc) is 2.75. The van der Waals surface area contributed by atoms with Gasteiger partial charge in [0.15, 0.2) is 15.7 Å². The van der Waals surface area contributed by atoms with Gasteiger partial charge in [-0.1, -0.05) is 13.8 Å². The maximum Gasteiger partial charge on any atom is 0.181 e. The fourth-order valence-electron chi connectivity index (χ4n) is 1.75. The van der Waals surface area contributed by atoms with Crippen molar-refractivity contribution in [2.75, 3.05) is 6.26 Å². The summed E-state index contributed by atoms with van der Waals surface area (Å²) in [4.78, 5) is 4.70. The van der Waals surface area contributed by atoms with Gasteiger partial charge in [-0.3, -0.25) is 5.10 Å². The second kappa shape index (κ2) is 5.13. The molecule has 0 bridgehead atoms. The first kappa shape index (κ1) is 13.7. The highest BCUT2D eigenvalue weighted by Gasteiger charge is 2.10. The van der Waals surface area contributed by atoms with E-state index in [0.717, 1.165) is 17.8 Å². The molecule has 0 amide bonds. The largest absolute Gasteiger partial charge is 0.263 e. The molecule has 2 aromatic rings. The van der Waals surface area contributed by atoms with Crippen molar-refractivity contribution in [2.24, 2.45) is 5.92 Å². The van der Waals surface area contributed by atoms with Gasteiger partial charge in [-0.25, -0.2) is 13.4 Å². The molecule has 0 spiro atoms. The van der Waals surface area contributed by atoms with E-state index in [4.69, 9.17) is 0 Å². The third-order valence-corrected chi connectivity index (χ3v) is 3.80. The van der Waals surface area contributed by atoms with Gasteiger partial charge in [0.05, 0.1) is 4.90 Å². The Hall–Kier alpha value is -1.69. The lowest BCUT2D eigenvalue weighted by molar-refractivity contribution is 0.602. The van der Waals surface area contributed by atoms with Gasteiger partial charge in [0, 0.05) is 18.2 Å². The number of H-pyrrole nitrogens is 1. The number of hydrogen-bond donors (Lipinski definition) is 1. The minimum absolute atomic E-state index is 0.300. The fraction of sp³-hybridized carbons (Fsp3) is 0.385. The summed E-state index contributed by atoms with van der Waals surface area (Å²) in [5.41, 5.74) is 0.804. The normalized spacial score (nSPS) is 12.0. The monoisotopic (exact) mass is 279 g/mol. The Morgan fingerprint density at radius 1 is 1.21 bits per heavy atom. The standard InChI is InChI=1S/C13H17N3O2S/c1-9(2)8-12-14-13(16-15-12)10-4-6-11(7-5-10)19(3,17)18/h4-7,9H,8H2,1-3H3,(H,14,15,16). The average molecular weight is 279 g/mol. The minimum atomic E-state index is -3.16. The van der Waals surface area contributed by atoms with Crippen molar-refractivity contribution < 1.29 is 8.42 Å². The van der Waals surface area contributed by atoms with Gasteiger partial charge in [0.2, 0.25) is 0 Å². The predicted octanol–water partition coefficient (Wildman–Crippen LogP) is 2.07. The van der Waals surface area contributed by atoms with Gasteiger partial charge in [0.1, 0.15) is 5.82 Å². The van der Waals surface area contributed by atoms with Crippen LogP contribution in [-0.2, 0) is 16.3 Å². The Balaban J connectivity index is 2.25. The van der Waals surface area contributed by atoms with Gasteiger partial charge in [-0.05, 0) is 30.2 Å². The highest BCUT2D eigenvalue weighted by Crippen LogP contribution is 2.18. The molecule has 0 aliphatic heterocycles. The van der Waals surface area contributed by atoms with Crippen molar-refractivity contribution in [3.8, 4) is 11.4 Å².